The Balaban J connectivity index is 1.70. The molecule has 2 aliphatic rings. The molecule has 1 saturated carbocycles. The zero-order valence-corrected chi connectivity index (χ0v) is 9.35. The molecule has 2 N–H and O–H groups in total. The van der Waals surface area contributed by atoms with Gasteiger partial charge in [0.1, 0.15) is 6.10 Å². The van der Waals surface area contributed by atoms with Crippen LogP contribution in [-0.4, -0.2) is 42.7 Å². The van der Waals surface area contributed by atoms with E-state index in [0.29, 0.717) is 6.61 Å². The summed E-state index contributed by atoms with van der Waals surface area (Å²) in [7, 11) is 0. The first-order chi connectivity index (χ1) is 7.75. The molecule has 0 spiro atoms. The zero-order valence-electron chi connectivity index (χ0n) is 9.35. The van der Waals surface area contributed by atoms with Crippen LogP contribution in [0.2, 0.25) is 0 Å². The van der Waals surface area contributed by atoms with E-state index in [2.05, 4.69) is 5.32 Å². The maximum atomic E-state index is 11.5. The first-order valence-electron chi connectivity index (χ1n) is 5.98. The molecule has 5 nitrogen and oxygen atoms in total. The molecule has 0 unspecified atom stereocenters. The number of carbonyl (C=O) groups excluding carboxylic acids is 1. The predicted molar refractivity (Wildman–Crippen MR) is 57.1 cm³/mol. The molecule has 1 amide bonds. The van der Waals surface area contributed by atoms with Crippen LogP contribution in [0.3, 0.4) is 0 Å². The smallest absolute Gasteiger partial charge is 0.407 e. The van der Waals surface area contributed by atoms with Crippen LogP contribution in [0.15, 0.2) is 0 Å². The van der Waals surface area contributed by atoms with E-state index in [0.717, 1.165) is 12.8 Å². The van der Waals surface area contributed by atoms with Gasteiger partial charge in [0.05, 0.1) is 13.2 Å². The minimum atomic E-state index is -0.683. The van der Waals surface area contributed by atoms with Crippen LogP contribution in [0, 0.1) is 0 Å². The van der Waals surface area contributed by atoms with Gasteiger partial charge >= 0.3 is 6.09 Å². The van der Waals surface area contributed by atoms with Crippen molar-refractivity contribution in [3.05, 3.63) is 0 Å². The second-order valence-corrected chi connectivity index (χ2v) is 4.53. The minimum absolute atomic E-state index is 0.237. The van der Waals surface area contributed by atoms with E-state index >= 15 is 0 Å². The summed E-state index contributed by atoms with van der Waals surface area (Å²) in [6, 6.07) is 0.237. The molecule has 0 aromatic carbocycles. The fraction of sp³-hybridized carbons (Fsp3) is 0.909. The number of alkyl carbamates (subject to hydrolysis) is 1. The van der Waals surface area contributed by atoms with Gasteiger partial charge in [0, 0.05) is 6.04 Å². The summed E-state index contributed by atoms with van der Waals surface area (Å²) in [5.41, 5.74) is 0. The highest BCUT2D eigenvalue weighted by molar-refractivity contribution is 5.67. The second kappa shape index (κ2) is 5.50. The Morgan fingerprint density at radius 3 is 2.62 bits per heavy atom. The lowest BCUT2D eigenvalue weighted by Crippen LogP contribution is -2.40. The minimum Gasteiger partial charge on any atom is -0.441 e. The molecular formula is C11H19NO4. The van der Waals surface area contributed by atoms with Crippen molar-refractivity contribution in [2.45, 2.75) is 50.4 Å². The highest BCUT2D eigenvalue weighted by Gasteiger charge is 2.30. The molecule has 0 aromatic heterocycles. The van der Waals surface area contributed by atoms with Gasteiger partial charge < -0.3 is 19.9 Å². The van der Waals surface area contributed by atoms with Crippen molar-refractivity contribution in [3.63, 3.8) is 0 Å². The Morgan fingerprint density at radius 2 is 2.00 bits per heavy atom. The summed E-state index contributed by atoms with van der Waals surface area (Å²) in [5.74, 6) is 0. The summed E-state index contributed by atoms with van der Waals surface area (Å²) >= 11 is 0. The van der Waals surface area contributed by atoms with Gasteiger partial charge in [-0.15, -0.1) is 0 Å². The number of ether oxygens (including phenoxy) is 2. The van der Waals surface area contributed by atoms with Gasteiger partial charge in [-0.1, -0.05) is 19.3 Å². The summed E-state index contributed by atoms with van der Waals surface area (Å²) in [6.07, 6.45) is 4.02. The van der Waals surface area contributed by atoms with Crippen molar-refractivity contribution in [1.29, 1.82) is 0 Å². The van der Waals surface area contributed by atoms with E-state index in [1.807, 2.05) is 0 Å². The Morgan fingerprint density at radius 1 is 1.25 bits per heavy atom. The van der Waals surface area contributed by atoms with E-state index in [1.54, 1.807) is 0 Å². The molecule has 92 valence electrons. The number of aliphatic hydroxyl groups excluding tert-OH is 1. The zero-order chi connectivity index (χ0) is 11.4. The van der Waals surface area contributed by atoms with Crippen molar-refractivity contribution >= 4 is 6.09 Å². The lowest BCUT2D eigenvalue weighted by Gasteiger charge is -2.23. The third-order valence-corrected chi connectivity index (χ3v) is 3.19. The summed E-state index contributed by atoms with van der Waals surface area (Å²) < 4.78 is 10.1. The molecule has 2 fully saturated rings. The SMILES string of the molecule is O=C(NC1CCCCC1)O[C@H]1COC[C@@H]1O. The van der Waals surface area contributed by atoms with Crippen LogP contribution in [0.5, 0.6) is 0 Å². The second-order valence-electron chi connectivity index (χ2n) is 4.53. The van der Waals surface area contributed by atoms with Crippen LogP contribution in [0.1, 0.15) is 32.1 Å². The predicted octanol–water partition coefficient (Wildman–Crippen LogP) is 0.805. The van der Waals surface area contributed by atoms with Crippen molar-refractivity contribution in [3.8, 4) is 0 Å². The molecule has 1 saturated heterocycles. The van der Waals surface area contributed by atoms with Crippen molar-refractivity contribution in [1.82, 2.24) is 5.32 Å². The van der Waals surface area contributed by atoms with Crippen molar-refractivity contribution in [2.75, 3.05) is 13.2 Å². The number of amides is 1. The maximum Gasteiger partial charge on any atom is 0.407 e. The highest BCUT2D eigenvalue weighted by atomic mass is 16.6. The first-order valence-corrected chi connectivity index (χ1v) is 5.98. The van der Waals surface area contributed by atoms with Gasteiger partial charge in [-0.3, -0.25) is 0 Å². The summed E-state index contributed by atoms with van der Waals surface area (Å²) in [6.45, 7) is 0.542. The number of nitrogens with one attached hydrogen (secondary N) is 1. The summed E-state index contributed by atoms with van der Waals surface area (Å²) in [5, 5.41) is 12.3. The number of carbonyl (C=O) groups is 1. The van der Waals surface area contributed by atoms with Gasteiger partial charge in [-0.2, -0.15) is 0 Å². The molecule has 0 radical (unpaired) electrons. The third kappa shape index (κ3) is 3.09. The molecule has 2 atom stereocenters. The van der Waals surface area contributed by atoms with E-state index in [1.165, 1.54) is 19.3 Å². The Labute approximate surface area is 95.1 Å². The van der Waals surface area contributed by atoms with Crippen LogP contribution in [-0.2, 0) is 9.47 Å². The number of hydrogen-bond acceptors (Lipinski definition) is 4. The quantitative estimate of drug-likeness (QED) is 0.735. The van der Waals surface area contributed by atoms with Crippen LogP contribution < -0.4 is 5.32 Å². The number of aliphatic hydroxyl groups is 1. The fourth-order valence-corrected chi connectivity index (χ4v) is 2.22. The summed E-state index contributed by atoms with van der Waals surface area (Å²) in [4.78, 5) is 11.5. The van der Waals surface area contributed by atoms with Crippen LogP contribution in [0.25, 0.3) is 0 Å². The van der Waals surface area contributed by atoms with Gasteiger partial charge in [0.25, 0.3) is 0 Å². The van der Waals surface area contributed by atoms with E-state index in [4.69, 9.17) is 9.47 Å². The lowest BCUT2D eigenvalue weighted by atomic mass is 9.96. The number of hydrogen-bond donors (Lipinski definition) is 2. The van der Waals surface area contributed by atoms with Gasteiger partial charge in [0.2, 0.25) is 0 Å². The Kier molecular flexibility index (Phi) is 4.01. The standard InChI is InChI=1S/C11H19NO4/c13-9-6-15-7-10(9)16-11(14)12-8-4-2-1-3-5-8/h8-10,13H,1-7H2,(H,12,14)/t9-,10-/m0/s1. The largest absolute Gasteiger partial charge is 0.441 e. The van der Waals surface area contributed by atoms with Crippen molar-refractivity contribution < 1.29 is 19.4 Å². The molecule has 5 heteroatoms. The molecule has 0 bridgehead atoms. The van der Waals surface area contributed by atoms with E-state index in [-0.39, 0.29) is 12.6 Å². The molecule has 2 rings (SSSR count). The molecule has 1 heterocycles. The highest BCUT2D eigenvalue weighted by Crippen LogP contribution is 2.18. The normalized spacial score (nSPS) is 31.3. The monoisotopic (exact) mass is 229 g/mol. The van der Waals surface area contributed by atoms with E-state index < -0.39 is 18.3 Å². The van der Waals surface area contributed by atoms with Crippen LogP contribution >= 0.6 is 0 Å². The van der Waals surface area contributed by atoms with Crippen molar-refractivity contribution in [2.24, 2.45) is 0 Å². The molecular weight excluding hydrogens is 210 g/mol. The first kappa shape index (κ1) is 11.7. The van der Waals surface area contributed by atoms with Gasteiger partial charge in [-0.25, -0.2) is 4.79 Å². The topological polar surface area (TPSA) is 67.8 Å². The maximum absolute atomic E-state index is 11.5. The number of rotatable bonds is 2. The van der Waals surface area contributed by atoms with E-state index in [9.17, 15) is 9.90 Å². The van der Waals surface area contributed by atoms with Gasteiger partial charge in [-0.05, 0) is 12.8 Å². The average molecular weight is 229 g/mol. The lowest BCUT2D eigenvalue weighted by molar-refractivity contribution is 0.0305. The molecule has 0 aromatic rings. The molecule has 1 aliphatic carbocycles. The average Bonchev–Trinajstić information content (AvgIpc) is 2.66. The Hall–Kier alpha value is -0.810. The fourth-order valence-electron chi connectivity index (χ4n) is 2.22. The van der Waals surface area contributed by atoms with Crippen LogP contribution in [0.4, 0.5) is 4.79 Å². The van der Waals surface area contributed by atoms with Gasteiger partial charge in [0.15, 0.2) is 6.10 Å². The molecule has 1 aliphatic heterocycles. The molecule has 16 heavy (non-hydrogen) atoms. The third-order valence-electron chi connectivity index (χ3n) is 3.19. The Bertz CT molecular complexity index is 240.